The van der Waals surface area contributed by atoms with E-state index in [0.29, 0.717) is 29.7 Å². The third-order valence-electron chi connectivity index (χ3n) is 2.71. The zero-order valence-electron chi connectivity index (χ0n) is 11.4. The van der Waals surface area contributed by atoms with Gasteiger partial charge in [-0.25, -0.2) is 0 Å². The van der Waals surface area contributed by atoms with Gasteiger partial charge in [-0.1, -0.05) is 11.6 Å². The highest BCUT2D eigenvalue weighted by atomic mass is 35.5. The molecule has 1 aromatic carbocycles. The van der Waals surface area contributed by atoms with Gasteiger partial charge in [-0.15, -0.1) is 11.6 Å². The molecule has 2 rings (SSSR count). The van der Waals surface area contributed by atoms with Crippen molar-refractivity contribution >= 4 is 29.1 Å². The van der Waals surface area contributed by atoms with Gasteiger partial charge in [-0.2, -0.15) is 0 Å². The van der Waals surface area contributed by atoms with Crippen molar-refractivity contribution in [1.29, 1.82) is 0 Å². The number of halogens is 2. The molecule has 0 aliphatic rings. The van der Waals surface area contributed by atoms with Gasteiger partial charge < -0.3 is 14.5 Å². The lowest BCUT2D eigenvalue weighted by molar-refractivity contribution is 0.0917. The third kappa shape index (κ3) is 4.69. The summed E-state index contributed by atoms with van der Waals surface area (Å²) in [6, 6.07) is 10.3. The van der Waals surface area contributed by atoms with E-state index in [2.05, 4.69) is 5.32 Å². The molecule has 1 atom stereocenters. The van der Waals surface area contributed by atoms with Crippen molar-refractivity contribution in [3.63, 3.8) is 0 Å². The van der Waals surface area contributed by atoms with Crippen molar-refractivity contribution < 1.29 is 13.9 Å². The van der Waals surface area contributed by atoms with Gasteiger partial charge in [0.2, 0.25) is 0 Å². The zero-order valence-corrected chi connectivity index (χ0v) is 12.9. The van der Waals surface area contributed by atoms with E-state index in [0.717, 1.165) is 0 Å². The molecule has 2 aromatic rings. The molecule has 0 fully saturated rings. The van der Waals surface area contributed by atoms with Crippen LogP contribution >= 0.6 is 23.2 Å². The Hall–Kier alpha value is -1.65. The summed E-state index contributed by atoms with van der Waals surface area (Å²) in [5.41, 5.74) is 0. The van der Waals surface area contributed by atoms with E-state index in [4.69, 9.17) is 32.4 Å². The predicted octanol–water partition coefficient (Wildman–Crippen LogP) is 4.04. The Bertz CT molecular complexity index is 593. The molecule has 0 spiro atoms. The Balaban J connectivity index is 1.75. The number of ether oxygens (including phenoxy) is 1. The Morgan fingerprint density at radius 1 is 1.29 bits per heavy atom. The maximum absolute atomic E-state index is 11.8. The molecule has 1 unspecified atom stereocenters. The molecule has 1 amide bonds. The summed E-state index contributed by atoms with van der Waals surface area (Å²) in [6.07, 6.45) is 0. The number of carbonyl (C=O) groups excluding carboxylic acids is 1. The quantitative estimate of drug-likeness (QED) is 0.643. The molecule has 6 heteroatoms. The topological polar surface area (TPSA) is 51.5 Å². The van der Waals surface area contributed by atoms with Crippen molar-refractivity contribution in [2.45, 2.75) is 12.3 Å². The Morgan fingerprint density at radius 3 is 2.62 bits per heavy atom. The Morgan fingerprint density at radius 2 is 2.00 bits per heavy atom. The molecule has 1 aromatic heterocycles. The van der Waals surface area contributed by atoms with Crippen LogP contribution in [0.1, 0.15) is 28.6 Å². The van der Waals surface area contributed by atoms with E-state index in [1.807, 2.05) is 0 Å². The molecule has 1 heterocycles. The molecule has 0 bridgehead atoms. The highest BCUT2D eigenvalue weighted by Crippen LogP contribution is 2.21. The largest absolute Gasteiger partial charge is 0.492 e. The first-order chi connectivity index (χ1) is 10.1. The minimum atomic E-state index is -0.293. The Labute approximate surface area is 133 Å². The van der Waals surface area contributed by atoms with Gasteiger partial charge in [-0.3, -0.25) is 4.79 Å². The van der Waals surface area contributed by atoms with E-state index in [9.17, 15) is 4.79 Å². The normalized spacial score (nSPS) is 12.0. The molecule has 21 heavy (non-hydrogen) atoms. The molecule has 1 N–H and O–H groups in total. The van der Waals surface area contributed by atoms with Gasteiger partial charge in [0.1, 0.15) is 18.1 Å². The first kappa shape index (κ1) is 15.7. The van der Waals surface area contributed by atoms with Crippen molar-refractivity contribution in [1.82, 2.24) is 5.32 Å². The van der Waals surface area contributed by atoms with Crippen LogP contribution in [0.5, 0.6) is 5.75 Å². The number of carbonyl (C=O) groups is 1. The maximum atomic E-state index is 11.8. The fraction of sp³-hybridized carbons (Fsp3) is 0.267. The fourth-order valence-electron chi connectivity index (χ4n) is 1.64. The van der Waals surface area contributed by atoms with Crippen LogP contribution in [0.3, 0.4) is 0 Å². The van der Waals surface area contributed by atoms with Crippen LogP contribution in [-0.4, -0.2) is 19.1 Å². The molecule has 0 radical (unpaired) electrons. The van der Waals surface area contributed by atoms with E-state index in [1.165, 1.54) is 0 Å². The molecule has 112 valence electrons. The van der Waals surface area contributed by atoms with E-state index < -0.39 is 0 Å². The number of nitrogens with one attached hydrogen (secondary N) is 1. The summed E-state index contributed by atoms with van der Waals surface area (Å²) in [6.45, 7) is 2.50. The second-order valence-electron chi connectivity index (χ2n) is 4.38. The van der Waals surface area contributed by atoms with Crippen molar-refractivity contribution in [2.75, 3.05) is 13.2 Å². The minimum absolute atomic E-state index is 0.240. The zero-order chi connectivity index (χ0) is 15.2. The van der Waals surface area contributed by atoms with Gasteiger partial charge in [0, 0.05) is 5.02 Å². The van der Waals surface area contributed by atoms with Crippen LogP contribution in [0.15, 0.2) is 40.8 Å². The lowest BCUT2D eigenvalue weighted by atomic mass is 10.3. The van der Waals surface area contributed by atoms with Crippen LogP contribution < -0.4 is 10.1 Å². The first-order valence-electron chi connectivity index (χ1n) is 6.46. The van der Waals surface area contributed by atoms with Crippen LogP contribution in [0.2, 0.25) is 5.02 Å². The third-order valence-corrected chi connectivity index (χ3v) is 3.18. The summed E-state index contributed by atoms with van der Waals surface area (Å²) in [5, 5.41) is 3.09. The van der Waals surface area contributed by atoms with Crippen molar-refractivity contribution in [3.8, 4) is 5.75 Å². The van der Waals surface area contributed by atoms with E-state index in [1.54, 1.807) is 43.3 Å². The van der Waals surface area contributed by atoms with Crippen molar-refractivity contribution in [3.05, 3.63) is 52.9 Å². The van der Waals surface area contributed by atoms with Gasteiger partial charge in [0.25, 0.3) is 5.91 Å². The lowest BCUT2D eigenvalue weighted by Gasteiger charge is -2.07. The van der Waals surface area contributed by atoms with Crippen LogP contribution in [0.4, 0.5) is 0 Å². The number of furan rings is 1. The highest BCUT2D eigenvalue weighted by molar-refractivity contribution is 6.30. The van der Waals surface area contributed by atoms with E-state index >= 15 is 0 Å². The number of hydrogen-bond donors (Lipinski definition) is 1. The van der Waals surface area contributed by atoms with Gasteiger partial charge >= 0.3 is 0 Å². The fourth-order valence-corrected chi connectivity index (χ4v) is 1.88. The maximum Gasteiger partial charge on any atom is 0.287 e. The Kier molecular flexibility index (Phi) is 5.53. The number of alkyl halides is 1. The molecular weight excluding hydrogens is 313 g/mol. The SMILES string of the molecule is CC(Cl)c1ccc(C(=O)NCCOc2ccc(Cl)cc2)o1. The monoisotopic (exact) mass is 327 g/mol. The van der Waals surface area contributed by atoms with Gasteiger partial charge in [-0.05, 0) is 43.3 Å². The summed E-state index contributed by atoms with van der Waals surface area (Å²) >= 11 is 11.6. The second kappa shape index (κ2) is 7.38. The molecule has 4 nitrogen and oxygen atoms in total. The molecule has 0 aliphatic carbocycles. The average molecular weight is 328 g/mol. The first-order valence-corrected chi connectivity index (χ1v) is 7.28. The number of rotatable bonds is 6. The standard InChI is InChI=1S/C15H15Cl2NO3/c1-10(16)13-6-7-14(21-13)15(19)18-8-9-20-12-4-2-11(17)3-5-12/h2-7,10H,8-9H2,1H3,(H,18,19). The molecule has 0 aliphatic heterocycles. The summed E-state index contributed by atoms with van der Waals surface area (Å²) in [4.78, 5) is 11.8. The molecule has 0 saturated heterocycles. The van der Waals surface area contributed by atoms with Crippen molar-refractivity contribution in [2.24, 2.45) is 0 Å². The van der Waals surface area contributed by atoms with Gasteiger partial charge in [0.05, 0.1) is 11.9 Å². The summed E-state index contributed by atoms with van der Waals surface area (Å²) in [5.74, 6) is 1.21. The molecule has 0 saturated carbocycles. The van der Waals surface area contributed by atoms with E-state index in [-0.39, 0.29) is 17.0 Å². The number of benzene rings is 1. The smallest absolute Gasteiger partial charge is 0.287 e. The summed E-state index contributed by atoms with van der Waals surface area (Å²) < 4.78 is 10.8. The van der Waals surface area contributed by atoms with Gasteiger partial charge in [0.15, 0.2) is 5.76 Å². The second-order valence-corrected chi connectivity index (χ2v) is 5.47. The predicted molar refractivity (Wildman–Crippen MR) is 82.3 cm³/mol. The minimum Gasteiger partial charge on any atom is -0.492 e. The average Bonchev–Trinajstić information content (AvgIpc) is 2.95. The number of hydrogen-bond acceptors (Lipinski definition) is 3. The highest BCUT2D eigenvalue weighted by Gasteiger charge is 2.13. The summed E-state index contributed by atoms with van der Waals surface area (Å²) in [7, 11) is 0. The van der Waals surface area contributed by atoms with Crippen LogP contribution in [0.25, 0.3) is 0 Å². The number of amides is 1. The lowest BCUT2D eigenvalue weighted by Crippen LogP contribution is -2.27. The van der Waals surface area contributed by atoms with Crippen LogP contribution in [-0.2, 0) is 0 Å². The molecular formula is C15H15Cl2NO3. The van der Waals surface area contributed by atoms with Crippen LogP contribution in [0, 0.1) is 0 Å².